The van der Waals surface area contributed by atoms with Crippen LogP contribution in [0.1, 0.15) is 20.3 Å². The lowest BCUT2D eigenvalue weighted by molar-refractivity contribution is 0.146. The van der Waals surface area contributed by atoms with E-state index in [4.69, 9.17) is 10.5 Å². The molecule has 1 saturated heterocycles. The number of rotatable bonds is 3. The van der Waals surface area contributed by atoms with Gasteiger partial charge in [-0.05, 0) is 13.3 Å². The first-order valence-electron chi connectivity index (χ1n) is 4.35. The minimum atomic E-state index is -0.222. The third-order valence-corrected chi connectivity index (χ3v) is 2.34. The molecular weight excluding hydrogens is 156 g/mol. The lowest BCUT2D eigenvalue weighted by Crippen LogP contribution is -2.44. The van der Waals surface area contributed by atoms with Crippen LogP contribution in [0.3, 0.4) is 0 Å². The number of nitrogens with zero attached hydrogens (tertiary/aromatic N) is 1. The summed E-state index contributed by atoms with van der Waals surface area (Å²) in [6.45, 7) is 4.98. The number of carbonyl (C=O) groups is 1. The van der Waals surface area contributed by atoms with E-state index in [1.807, 2.05) is 13.8 Å². The van der Waals surface area contributed by atoms with Crippen LogP contribution in [0, 0.1) is 0 Å². The Balaban J connectivity index is 2.63. The largest absolute Gasteiger partial charge is 0.447 e. The Labute approximate surface area is 72.7 Å². The van der Waals surface area contributed by atoms with Gasteiger partial charge in [-0.2, -0.15) is 0 Å². The summed E-state index contributed by atoms with van der Waals surface area (Å²) in [5, 5.41) is 0. The number of hydrogen-bond acceptors (Lipinski definition) is 3. The minimum Gasteiger partial charge on any atom is -0.447 e. The summed E-state index contributed by atoms with van der Waals surface area (Å²) in [7, 11) is 0. The molecule has 2 N–H and O–H groups in total. The second-order valence-electron chi connectivity index (χ2n) is 3.13. The van der Waals surface area contributed by atoms with Crippen LogP contribution < -0.4 is 5.73 Å². The SMILES string of the molecule is CCC(C)N1C(=O)OCC1CN. The summed E-state index contributed by atoms with van der Waals surface area (Å²) < 4.78 is 4.90. The molecule has 12 heavy (non-hydrogen) atoms. The molecule has 0 aromatic rings. The summed E-state index contributed by atoms with van der Waals surface area (Å²) in [4.78, 5) is 12.9. The Kier molecular flexibility index (Phi) is 2.92. The molecule has 0 saturated carbocycles. The first kappa shape index (κ1) is 9.32. The number of ether oxygens (including phenoxy) is 1. The van der Waals surface area contributed by atoms with Gasteiger partial charge < -0.3 is 10.5 Å². The van der Waals surface area contributed by atoms with Gasteiger partial charge in [0.1, 0.15) is 6.61 Å². The molecule has 2 atom stereocenters. The van der Waals surface area contributed by atoms with E-state index in [0.717, 1.165) is 6.42 Å². The Hall–Kier alpha value is -0.770. The van der Waals surface area contributed by atoms with Crippen molar-refractivity contribution in [2.24, 2.45) is 5.73 Å². The molecule has 0 aromatic carbocycles. The molecule has 0 radical (unpaired) electrons. The first-order chi connectivity index (χ1) is 5.70. The zero-order chi connectivity index (χ0) is 9.14. The van der Waals surface area contributed by atoms with Crippen molar-refractivity contribution in [2.75, 3.05) is 13.2 Å². The Morgan fingerprint density at radius 2 is 2.50 bits per heavy atom. The molecule has 2 unspecified atom stereocenters. The zero-order valence-corrected chi connectivity index (χ0v) is 7.62. The van der Waals surface area contributed by atoms with Crippen LogP contribution in [-0.4, -0.2) is 36.2 Å². The van der Waals surface area contributed by atoms with Crippen LogP contribution in [0.15, 0.2) is 0 Å². The molecule has 0 bridgehead atoms. The predicted octanol–water partition coefficient (Wildman–Crippen LogP) is 0.564. The lowest BCUT2D eigenvalue weighted by atomic mass is 10.2. The fourth-order valence-corrected chi connectivity index (χ4v) is 1.39. The monoisotopic (exact) mass is 172 g/mol. The summed E-state index contributed by atoms with van der Waals surface area (Å²) >= 11 is 0. The minimum absolute atomic E-state index is 0.0763. The molecule has 1 rings (SSSR count). The van der Waals surface area contributed by atoms with Gasteiger partial charge in [0.05, 0.1) is 6.04 Å². The molecule has 0 spiro atoms. The molecule has 4 heteroatoms. The fraction of sp³-hybridized carbons (Fsp3) is 0.875. The van der Waals surface area contributed by atoms with Crippen LogP contribution in [-0.2, 0) is 4.74 Å². The van der Waals surface area contributed by atoms with Crippen LogP contribution >= 0.6 is 0 Å². The van der Waals surface area contributed by atoms with Gasteiger partial charge >= 0.3 is 6.09 Å². The topological polar surface area (TPSA) is 55.6 Å². The van der Waals surface area contributed by atoms with Crippen molar-refractivity contribution in [1.29, 1.82) is 0 Å². The van der Waals surface area contributed by atoms with Crippen molar-refractivity contribution >= 4 is 6.09 Å². The van der Waals surface area contributed by atoms with E-state index >= 15 is 0 Å². The molecule has 1 aliphatic heterocycles. The van der Waals surface area contributed by atoms with Crippen LogP contribution in [0.5, 0.6) is 0 Å². The fourth-order valence-electron chi connectivity index (χ4n) is 1.39. The summed E-state index contributed by atoms with van der Waals surface area (Å²) in [6, 6.07) is 0.306. The molecule has 1 amide bonds. The van der Waals surface area contributed by atoms with E-state index in [1.54, 1.807) is 4.90 Å². The van der Waals surface area contributed by atoms with Crippen molar-refractivity contribution in [1.82, 2.24) is 4.90 Å². The average Bonchev–Trinajstić information content (AvgIpc) is 2.45. The number of hydrogen-bond donors (Lipinski definition) is 1. The molecular formula is C8H16N2O2. The van der Waals surface area contributed by atoms with Crippen molar-refractivity contribution in [3.63, 3.8) is 0 Å². The van der Waals surface area contributed by atoms with Crippen molar-refractivity contribution in [2.45, 2.75) is 32.4 Å². The molecule has 1 fully saturated rings. The maximum atomic E-state index is 11.2. The maximum absolute atomic E-state index is 11.2. The highest BCUT2D eigenvalue weighted by Gasteiger charge is 2.34. The van der Waals surface area contributed by atoms with Crippen molar-refractivity contribution in [3.05, 3.63) is 0 Å². The van der Waals surface area contributed by atoms with Crippen molar-refractivity contribution in [3.8, 4) is 0 Å². The average molecular weight is 172 g/mol. The second kappa shape index (κ2) is 3.76. The van der Waals surface area contributed by atoms with Gasteiger partial charge in [0.2, 0.25) is 0 Å². The molecule has 1 heterocycles. The molecule has 70 valence electrons. The predicted molar refractivity (Wildman–Crippen MR) is 45.8 cm³/mol. The maximum Gasteiger partial charge on any atom is 0.410 e. The number of cyclic esters (lactones) is 1. The van der Waals surface area contributed by atoms with Gasteiger partial charge in [0.15, 0.2) is 0 Å². The van der Waals surface area contributed by atoms with Crippen LogP contribution in [0.2, 0.25) is 0 Å². The summed E-state index contributed by atoms with van der Waals surface area (Å²) in [5.41, 5.74) is 5.51. The van der Waals surface area contributed by atoms with Gasteiger partial charge in [-0.25, -0.2) is 4.79 Å². The highest BCUT2D eigenvalue weighted by molar-refractivity contribution is 5.70. The Bertz CT molecular complexity index is 172. The Morgan fingerprint density at radius 3 is 3.00 bits per heavy atom. The van der Waals surface area contributed by atoms with Crippen LogP contribution in [0.25, 0.3) is 0 Å². The second-order valence-corrected chi connectivity index (χ2v) is 3.13. The van der Waals surface area contributed by atoms with E-state index < -0.39 is 0 Å². The smallest absolute Gasteiger partial charge is 0.410 e. The molecule has 1 aliphatic rings. The summed E-state index contributed by atoms with van der Waals surface area (Å²) in [6.07, 6.45) is 0.714. The Morgan fingerprint density at radius 1 is 1.83 bits per heavy atom. The molecule has 0 aliphatic carbocycles. The first-order valence-corrected chi connectivity index (χ1v) is 4.35. The van der Waals surface area contributed by atoms with Crippen LogP contribution in [0.4, 0.5) is 4.79 Å². The van der Waals surface area contributed by atoms with E-state index in [2.05, 4.69) is 0 Å². The van der Waals surface area contributed by atoms with Gasteiger partial charge in [0.25, 0.3) is 0 Å². The van der Waals surface area contributed by atoms with E-state index in [9.17, 15) is 4.79 Å². The summed E-state index contributed by atoms with van der Waals surface area (Å²) in [5.74, 6) is 0. The zero-order valence-electron chi connectivity index (χ0n) is 7.62. The third kappa shape index (κ3) is 1.53. The van der Waals surface area contributed by atoms with Crippen molar-refractivity contribution < 1.29 is 9.53 Å². The number of nitrogens with two attached hydrogens (primary N) is 1. The highest BCUT2D eigenvalue weighted by atomic mass is 16.6. The van der Waals surface area contributed by atoms with Gasteiger partial charge in [-0.1, -0.05) is 6.92 Å². The van der Waals surface area contributed by atoms with E-state index in [0.29, 0.717) is 13.2 Å². The lowest BCUT2D eigenvalue weighted by Gasteiger charge is -2.25. The standard InChI is InChI=1S/C8H16N2O2/c1-3-6(2)10-7(4-9)5-12-8(10)11/h6-7H,3-5,9H2,1-2H3. The number of carbonyl (C=O) groups excluding carboxylic acids is 1. The highest BCUT2D eigenvalue weighted by Crippen LogP contribution is 2.16. The normalized spacial score (nSPS) is 25.8. The van der Waals surface area contributed by atoms with Gasteiger partial charge in [-0.3, -0.25) is 4.90 Å². The van der Waals surface area contributed by atoms with E-state index in [-0.39, 0.29) is 18.2 Å². The van der Waals surface area contributed by atoms with Gasteiger partial charge in [0, 0.05) is 12.6 Å². The quantitative estimate of drug-likeness (QED) is 0.677. The van der Waals surface area contributed by atoms with Gasteiger partial charge in [-0.15, -0.1) is 0 Å². The van der Waals surface area contributed by atoms with E-state index in [1.165, 1.54) is 0 Å². The third-order valence-electron chi connectivity index (χ3n) is 2.34. The molecule has 4 nitrogen and oxygen atoms in total. The number of amides is 1. The molecule has 0 aromatic heterocycles.